The van der Waals surface area contributed by atoms with Crippen molar-refractivity contribution in [2.24, 2.45) is 10.4 Å². The number of amides is 1. The Morgan fingerprint density at radius 3 is 2.40 bits per heavy atom. The van der Waals surface area contributed by atoms with Crippen LogP contribution in [0.15, 0.2) is 4.99 Å². The van der Waals surface area contributed by atoms with Crippen LogP contribution < -0.4 is 10.6 Å². The molecule has 1 aliphatic rings. The second-order valence-corrected chi connectivity index (χ2v) is 7.53. The Balaban J connectivity index is 0.00000576. The first-order valence-electron chi connectivity index (χ1n) is 9.32. The predicted molar refractivity (Wildman–Crippen MR) is 115 cm³/mol. The zero-order chi connectivity index (χ0) is 18.0. The Morgan fingerprint density at radius 2 is 1.88 bits per heavy atom. The molecule has 1 fully saturated rings. The quantitative estimate of drug-likeness (QED) is 0.271. The Kier molecular flexibility index (Phi) is 12.2. The summed E-state index contributed by atoms with van der Waals surface area (Å²) in [5, 5.41) is 6.82. The number of rotatable bonds is 6. The van der Waals surface area contributed by atoms with Gasteiger partial charge in [-0.3, -0.25) is 4.99 Å². The molecule has 1 rings (SSSR count). The molecule has 6 nitrogen and oxygen atoms in total. The number of aliphatic imine (C=N–C) groups is 1. The van der Waals surface area contributed by atoms with Gasteiger partial charge in [0.1, 0.15) is 0 Å². The molecule has 1 heterocycles. The van der Waals surface area contributed by atoms with Crippen molar-refractivity contribution in [3.05, 3.63) is 0 Å². The van der Waals surface area contributed by atoms with Gasteiger partial charge in [0.2, 0.25) is 0 Å². The van der Waals surface area contributed by atoms with Crippen molar-refractivity contribution in [2.45, 2.75) is 66.3 Å². The van der Waals surface area contributed by atoms with Crippen molar-refractivity contribution in [1.82, 2.24) is 15.5 Å². The van der Waals surface area contributed by atoms with Crippen molar-refractivity contribution in [3.8, 4) is 0 Å². The minimum absolute atomic E-state index is 0. The van der Waals surface area contributed by atoms with Crippen molar-refractivity contribution in [2.75, 3.05) is 32.8 Å². The lowest BCUT2D eigenvalue weighted by molar-refractivity contribution is 0.0963. The third-order valence-electron chi connectivity index (χ3n) is 4.06. The number of hydrogen-bond donors (Lipinski definition) is 2. The molecular formula is C18H37IN4O2. The van der Waals surface area contributed by atoms with Crippen LogP contribution in [0, 0.1) is 5.41 Å². The van der Waals surface area contributed by atoms with E-state index >= 15 is 0 Å². The average Bonchev–Trinajstić information content (AvgIpc) is 2.51. The van der Waals surface area contributed by atoms with Crippen LogP contribution in [0.25, 0.3) is 0 Å². The minimum atomic E-state index is -0.196. The van der Waals surface area contributed by atoms with Crippen LogP contribution in [0.1, 0.15) is 60.3 Å². The van der Waals surface area contributed by atoms with Gasteiger partial charge in [-0.1, -0.05) is 20.8 Å². The number of nitrogens with zero attached hydrogens (tertiary/aromatic N) is 2. The number of piperidine rings is 1. The number of nitrogens with one attached hydrogen (secondary N) is 2. The Morgan fingerprint density at radius 1 is 1.24 bits per heavy atom. The predicted octanol–water partition coefficient (Wildman–Crippen LogP) is 3.61. The first-order valence-corrected chi connectivity index (χ1v) is 9.32. The summed E-state index contributed by atoms with van der Waals surface area (Å²) < 4.78 is 5.06. The zero-order valence-corrected chi connectivity index (χ0v) is 18.9. The Bertz CT molecular complexity index is 402. The van der Waals surface area contributed by atoms with Gasteiger partial charge in [-0.15, -0.1) is 24.0 Å². The van der Waals surface area contributed by atoms with Gasteiger partial charge >= 0.3 is 6.09 Å². The molecule has 0 radical (unpaired) electrons. The topological polar surface area (TPSA) is 66.0 Å². The smallest absolute Gasteiger partial charge is 0.409 e. The molecule has 1 aliphatic heterocycles. The minimum Gasteiger partial charge on any atom is -0.450 e. The molecule has 1 saturated heterocycles. The average molecular weight is 468 g/mol. The van der Waals surface area contributed by atoms with Gasteiger partial charge in [-0.2, -0.15) is 0 Å². The van der Waals surface area contributed by atoms with Crippen LogP contribution in [0.4, 0.5) is 4.79 Å². The maximum absolute atomic E-state index is 11.7. The van der Waals surface area contributed by atoms with Gasteiger partial charge in [0.05, 0.1) is 6.61 Å². The van der Waals surface area contributed by atoms with E-state index in [1.807, 2.05) is 6.92 Å². The van der Waals surface area contributed by atoms with Crippen molar-refractivity contribution >= 4 is 36.0 Å². The summed E-state index contributed by atoms with van der Waals surface area (Å²) in [6, 6.07) is 0.357. The fourth-order valence-corrected chi connectivity index (χ4v) is 2.73. The second-order valence-electron chi connectivity index (χ2n) is 7.53. The SMILES string of the molecule is CCNC(=NCCCC(C)(C)C)NC1CCN(C(=O)OCC)CC1.I. The normalized spacial score (nSPS) is 16.2. The van der Waals surface area contributed by atoms with Crippen LogP contribution in [-0.2, 0) is 4.74 Å². The molecule has 0 aliphatic carbocycles. The van der Waals surface area contributed by atoms with Gasteiger partial charge in [-0.05, 0) is 44.9 Å². The lowest BCUT2D eigenvalue weighted by Gasteiger charge is -2.32. The summed E-state index contributed by atoms with van der Waals surface area (Å²) in [5.74, 6) is 0.890. The highest BCUT2D eigenvalue weighted by Crippen LogP contribution is 2.20. The van der Waals surface area contributed by atoms with E-state index in [0.29, 0.717) is 18.1 Å². The molecule has 148 valence electrons. The van der Waals surface area contributed by atoms with E-state index in [1.165, 1.54) is 6.42 Å². The molecule has 1 amide bonds. The first kappa shape index (κ1) is 24.3. The van der Waals surface area contributed by atoms with E-state index in [2.05, 4.69) is 43.3 Å². The van der Waals surface area contributed by atoms with Gasteiger partial charge in [0.25, 0.3) is 0 Å². The van der Waals surface area contributed by atoms with Gasteiger partial charge in [-0.25, -0.2) is 4.79 Å². The number of guanidine groups is 1. The standard InChI is InChI=1S/C18H36N4O2.HI/c1-6-19-16(20-12-8-11-18(3,4)5)21-15-9-13-22(14-10-15)17(23)24-7-2;/h15H,6-14H2,1-5H3,(H2,19,20,21);1H. The second kappa shape index (κ2) is 12.6. The third kappa shape index (κ3) is 10.8. The Hall–Kier alpha value is -0.730. The van der Waals surface area contributed by atoms with Crippen LogP contribution in [0.2, 0.25) is 0 Å². The van der Waals surface area contributed by atoms with Gasteiger partial charge in [0, 0.05) is 32.2 Å². The summed E-state index contributed by atoms with van der Waals surface area (Å²) in [6.45, 7) is 14.3. The van der Waals surface area contributed by atoms with E-state index in [-0.39, 0.29) is 30.1 Å². The summed E-state index contributed by atoms with van der Waals surface area (Å²) in [4.78, 5) is 18.2. The highest BCUT2D eigenvalue weighted by Gasteiger charge is 2.24. The van der Waals surface area contributed by atoms with E-state index in [4.69, 9.17) is 4.74 Å². The molecule has 2 N–H and O–H groups in total. The molecule has 25 heavy (non-hydrogen) atoms. The number of hydrogen-bond acceptors (Lipinski definition) is 3. The fourth-order valence-electron chi connectivity index (χ4n) is 2.73. The van der Waals surface area contributed by atoms with Crippen molar-refractivity contribution < 1.29 is 9.53 Å². The van der Waals surface area contributed by atoms with E-state index < -0.39 is 0 Å². The van der Waals surface area contributed by atoms with Crippen LogP contribution in [0.5, 0.6) is 0 Å². The van der Waals surface area contributed by atoms with E-state index in [1.54, 1.807) is 4.90 Å². The molecule has 0 aromatic rings. The molecule has 0 aromatic heterocycles. The van der Waals surface area contributed by atoms with Gasteiger partial charge < -0.3 is 20.3 Å². The number of ether oxygens (including phenoxy) is 1. The third-order valence-corrected chi connectivity index (χ3v) is 4.06. The molecule has 0 aromatic carbocycles. The molecule has 0 unspecified atom stereocenters. The summed E-state index contributed by atoms with van der Waals surface area (Å²) in [6.07, 6.45) is 3.92. The molecule has 0 spiro atoms. The summed E-state index contributed by atoms with van der Waals surface area (Å²) in [5.41, 5.74) is 0.362. The fraction of sp³-hybridized carbons (Fsp3) is 0.889. The largest absolute Gasteiger partial charge is 0.450 e. The molecular weight excluding hydrogens is 431 g/mol. The van der Waals surface area contributed by atoms with E-state index in [9.17, 15) is 4.79 Å². The number of carbonyl (C=O) groups excluding carboxylic acids is 1. The molecule has 0 bridgehead atoms. The molecule has 0 saturated carbocycles. The van der Waals surface area contributed by atoms with Crippen LogP contribution in [-0.4, -0.2) is 55.8 Å². The summed E-state index contributed by atoms with van der Waals surface area (Å²) in [7, 11) is 0. The van der Waals surface area contributed by atoms with Gasteiger partial charge in [0.15, 0.2) is 5.96 Å². The Labute approximate surface area is 170 Å². The highest BCUT2D eigenvalue weighted by atomic mass is 127. The highest BCUT2D eigenvalue weighted by molar-refractivity contribution is 14.0. The maximum atomic E-state index is 11.7. The van der Waals surface area contributed by atoms with Crippen molar-refractivity contribution in [1.29, 1.82) is 0 Å². The van der Waals surface area contributed by atoms with E-state index in [0.717, 1.165) is 51.4 Å². The first-order chi connectivity index (χ1) is 11.4. The van der Waals surface area contributed by atoms with Crippen LogP contribution >= 0.6 is 24.0 Å². The number of carbonyl (C=O) groups is 1. The lowest BCUT2D eigenvalue weighted by Crippen LogP contribution is -2.49. The number of likely N-dealkylation sites (tertiary alicyclic amines) is 1. The monoisotopic (exact) mass is 468 g/mol. The maximum Gasteiger partial charge on any atom is 0.409 e. The summed E-state index contributed by atoms with van der Waals surface area (Å²) >= 11 is 0. The number of halogens is 1. The molecule has 0 atom stereocenters. The zero-order valence-electron chi connectivity index (χ0n) is 16.6. The van der Waals surface area contributed by atoms with Crippen LogP contribution in [0.3, 0.4) is 0 Å². The lowest BCUT2D eigenvalue weighted by atomic mass is 9.91. The molecule has 7 heteroatoms. The van der Waals surface area contributed by atoms with Crippen molar-refractivity contribution in [3.63, 3.8) is 0 Å².